The van der Waals surface area contributed by atoms with E-state index in [-0.39, 0.29) is 17.9 Å². The minimum atomic E-state index is -0.464. The highest BCUT2D eigenvalue weighted by Gasteiger charge is 2.46. The van der Waals surface area contributed by atoms with Gasteiger partial charge in [-0.1, -0.05) is 41.9 Å². The Morgan fingerprint density at radius 3 is 2.58 bits per heavy atom. The third kappa shape index (κ3) is 4.63. The number of rotatable bonds is 6. The smallest absolute Gasteiger partial charge is 0.254 e. The van der Waals surface area contributed by atoms with Crippen molar-refractivity contribution in [1.29, 1.82) is 0 Å². The number of amides is 2. The van der Waals surface area contributed by atoms with E-state index in [1.807, 2.05) is 69.8 Å². The number of hydrogen-bond acceptors (Lipinski definition) is 5. The lowest BCUT2D eigenvalue weighted by Gasteiger charge is -2.44. The van der Waals surface area contributed by atoms with Crippen LogP contribution in [0.1, 0.15) is 38.3 Å². The number of piperazine rings is 1. The Morgan fingerprint density at radius 1 is 1.08 bits per heavy atom. The zero-order valence-electron chi connectivity index (χ0n) is 20.5. The van der Waals surface area contributed by atoms with Crippen LogP contribution in [0.2, 0.25) is 5.02 Å². The highest BCUT2D eigenvalue weighted by atomic mass is 35.5. The first-order chi connectivity index (χ1) is 17.5. The fraction of sp³-hybridized carbons (Fsp3) is 0.357. The number of halogens is 1. The van der Waals surface area contributed by atoms with Crippen LogP contribution in [-0.2, 0) is 9.53 Å². The molecule has 0 N–H and O–H groups in total. The molecule has 2 amide bonds. The molecule has 3 heterocycles. The third-order valence-corrected chi connectivity index (χ3v) is 8.36. The summed E-state index contributed by atoms with van der Waals surface area (Å²) in [6.07, 6.45) is 0. The van der Waals surface area contributed by atoms with Crippen molar-refractivity contribution < 1.29 is 14.3 Å². The fourth-order valence-electron chi connectivity index (χ4n) is 5.36. The van der Waals surface area contributed by atoms with Gasteiger partial charge in [0.05, 0.1) is 18.6 Å². The summed E-state index contributed by atoms with van der Waals surface area (Å²) in [6.45, 7) is 5.62. The predicted octanol–water partition coefficient (Wildman–Crippen LogP) is 4.99. The molecule has 36 heavy (non-hydrogen) atoms. The van der Waals surface area contributed by atoms with Crippen molar-refractivity contribution in [1.82, 2.24) is 9.80 Å². The highest BCUT2D eigenvalue weighted by molar-refractivity contribution is 7.10. The van der Waals surface area contributed by atoms with Crippen molar-refractivity contribution in [2.45, 2.75) is 18.9 Å². The van der Waals surface area contributed by atoms with Gasteiger partial charge in [-0.05, 0) is 47.7 Å². The average molecular weight is 524 g/mol. The molecule has 0 spiro atoms. The highest BCUT2D eigenvalue weighted by Crippen LogP contribution is 2.45. The maximum Gasteiger partial charge on any atom is 0.254 e. The summed E-state index contributed by atoms with van der Waals surface area (Å²) in [4.78, 5) is 34.9. The van der Waals surface area contributed by atoms with Crippen molar-refractivity contribution in [2.75, 3.05) is 51.3 Å². The van der Waals surface area contributed by atoms with Crippen molar-refractivity contribution in [2.24, 2.45) is 0 Å². The number of aryl methyl sites for hydroxylation is 1. The molecule has 2 aromatic carbocycles. The van der Waals surface area contributed by atoms with Crippen LogP contribution in [0.25, 0.3) is 0 Å². The van der Waals surface area contributed by atoms with E-state index in [1.54, 1.807) is 18.4 Å². The number of ether oxygens (including phenoxy) is 1. The molecule has 0 aliphatic carbocycles. The van der Waals surface area contributed by atoms with Crippen LogP contribution in [0.5, 0.6) is 0 Å². The third-order valence-electron chi connectivity index (χ3n) is 7.18. The number of hydrogen-bond donors (Lipinski definition) is 0. The van der Waals surface area contributed by atoms with Gasteiger partial charge in [0.1, 0.15) is 0 Å². The van der Waals surface area contributed by atoms with Gasteiger partial charge in [-0.3, -0.25) is 9.59 Å². The monoisotopic (exact) mass is 523 g/mol. The standard InChI is InChI=1S/C28H30ClN3O3S/c1-19-9-10-20(29)18-23(19)30-11-13-31(14-12-30)28(34)25-21-6-3-4-7-22(21)27(33)32(15-16-35-2)26(25)24-8-5-17-36-24/h3-10,17-18,25-26H,11-16H2,1-2H3. The molecule has 1 saturated heterocycles. The second kappa shape index (κ2) is 10.6. The van der Waals surface area contributed by atoms with Crippen LogP contribution in [-0.4, -0.2) is 68.1 Å². The van der Waals surface area contributed by atoms with Gasteiger partial charge in [-0.2, -0.15) is 0 Å². The molecule has 2 atom stereocenters. The van der Waals surface area contributed by atoms with Crippen molar-refractivity contribution in [3.63, 3.8) is 0 Å². The minimum absolute atomic E-state index is 0.0497. The van der Waals surface area contributed by atoms with E-state index in [0.717, 1.165) is 29.2 Å². The number of anilines is 1. The summed E-state index contributed by atoms with van der Waals surface area (Å²) in [6, 6.07) is 17.1. The van der Waals surface area contributed by atoms with Crippen LogP contribution in [0.15, 0.2) is 60.0 Å². The van der Waals surface area contributed by atoms with Crippen LogP contribution in [0.3, 0.4) is 0 Å². The first-order valence-electron chi connectivity index (χ1n) is 12.2. The SMILES string of the molecule is COCCN1C(=O)c2ccccc2C(C(=O)N2CCN(c3cc(Cl)ccc3C)CC2)C1c1cccs1. The fourth-order valence-corrected chi connectivity index (χ4v) is 6.40. The Labute approximate surface area is 221 Å². The predicted molar refractivity (Wildman–Crippen MR) is 144 cm³/mol. The van der Waals surface area contributed by atoms with E-state index in [4.69, 9.17) is 16.3 Å². The summed E-state index contributed by atoms with van der Waals surface area (Å²) < 4.78 is 5.33. The molecule has 8 heteroatoms. The van der Waals surface area contributed by atoms with Gasteiger partial charge in [-0.15, -0.1) is 11.3 Å². The van der Waals surface area contributed by atoms with E-state index in [2.05, 4.69) is 11.8 Å². The van der Waals surface area contributed by atoms with E-state index in [9.17, 15) is 9.59 Å². The number of methoxy groups -OCH3 is 1. The Morgan fingerprint density at radius 2 is 1.86 bits per heavy atom. The summed E-state index contributed by atoms with van der Waals surface area (Å²) in [7, 11) is 1.63. The lowest BCUT2D eigenvalue weighted by molar-refractivity contribution is -0.135. The van der Waals surface area contributed by atoms with E-state index < -0.39 is 5.92 Å². The Hall–Kier alpha value is -2.87. The van der Waals surface area contributed by atoms with Gasteiger partial charge >= 0.3 is 0 Å². The first-order valence-corrected chi connectivity index (χ1v) is 13.5. The Bertz CT molecular complexity index is 1240. The summed E-state index contributed by atoms with van der Waals surface area (Å²) in [5.74, 6) is -0.446. The minimum Gasteiger partial charge on any atom is -0.383 e. The van der Waals surface area contributed by atoms with Crippen LogP contribution < -0.4 is 4.90 Å². The molecule has 3 aromatic rings. The zero-order chi connectivity index (χ0) is 25.2. The molecule has 6 nitrogen and oxygen atoms in total. The first kappa shape index (κ1) is 24.8. The van der Waals surface area contributed by atoms with Gasteiger partial charge in [0.15, 0.2) is 0 Å². The molecule has 0 radical (unpaired) electrons. The lowest BCUT2D eigenvalue weighted by atomic mass is 9.81. The summed E-state index contributed by atoms with van der Waals surface area (Å²) >= 11 is 7.85. The molecule has 0 bridgehead atoms. The maximum atomic E-state index is 14.2. The molecular formula is C28H30ClN3O3S. The van der Waals surface area contributed by atoms with Gasteiger partial charge in [0.2, 0.25) is 5.91 Å². The van der Waals surface area contributed by atoms with E-state index in [1.165, 1.54) is 5.56 Å². The van der Waals surface area contributed by atoms with Gasteiger partial charge in [0, 0.05) is 61.0 Å². The molecule has 2 aliphatic heterocycles. The largest absolute Gasteiger partial charge is 0.383 e. The van der Waals surface area contributed by atoms with Crippen molar-refractivity contribution in [3.8, 4) is 0 Å². The van der Waals surface area contributed by atoms with Crippen molar-refractivity contribution in [3.05, 3.63) is 86.6 Å². The number of carbonyl (C=O) groups excluding carboxylic acids is 2. The molecule has 2 unspecified atom stereocenters. The molecule has 1 fully saturated rings. The number of fused-ring (bicyclic) bond motifs is 1. The Balaban J connectivity index is 1.46. The molecule has 2 aliphatic rings. The second-order valence-electron chi connectivity index (χ2n) is 9.26. The number of thiophene rings is 1. The summed E-state index contributed by atoms with van der Waals surface area (Å²) in [5, 5.41) is 2.72. The van der Waals surface area contributed by atoms with Gasteiger partial charge < -0.3 is 19.4 Å². The molecule has 0 saturated carbocycles. The quantitative estimate of drug-likeness (QED) is 0.457. The maximum absolute atomic E-state index is 14.2. The van der Waals surface area contributed by atoms with Crippen molar-refractivity contribution >= 4 is 40.4 Å². The van der Waals surface area contributed by atoms with Crippen LogP contribution in [0.4, 0.5) is 5.69 Å². The molecule has 188 valence electrons. The number of benzene rings is 2. The van der Waals surface area contributed by atoms with Crippen LogP contribution >= 0.6 is 22.9 Å². The number of nitrogens with zero attached hydrogens (tertiary/aromatic N) is 3. The molecular weight excluding hydrogens is 494 g/mol. The zero-order valence-corrected chi connectivity index (χ0v) is 22.1. The topological polar surface area (TPSA) is 53.1 Å². The normalized spacial score (nSPS) is 20.0. The number of carbonyl (C=O) groups is 2. The summed E-state index contributed by atoms with van der Waals surface area (Å²) in [5.41, 5.74) is 3.71. The van der Waals surface area contributed by atoms with Gasteiger partial charge in [-0.25, -0.2) is 0 Å². The van der Waals surface area contributed by atoms with E-state index in [0.29, 0.717) is 36.8 Å². The van der Waals surface area contributed by atoms with Gasteiger partial charge in [0.25, 0.3) is 5.91 Å². The second-order valence-corrected chi connectivity index (χ2v) is 10.7. The average Bonchev–Trinajstić information content (AvgIpc) is 3.44. The van der Waals surface area contributed by atoms with Crippen LogP contribution in [0, 0.1) is 6.92 Å². The lowest BCUT2D eigenvalue weighted by Crippen LogP contribution is -2.53. The molecule has 5 rings (SSSR count). The van der Waals surface area contributed by atoms with E-state index >= 15 is 0 Å². The Kier molecular flexibility index (Phi) is 7.32. The molecule has 1 aromatic heterocycles.